The van der Waals surface area contributed by atoms with E-state index in [9.17, 15) is 13.0 Å². The number of hydrogen-bond donors (Lipinski definition) is 0. The fourth-order valence-electron chi connectivity index (χ4n) is 10.9. The lowest BCUT2D eigenvalue weighted by atomic mass is 9.91. The first-order valence-electron chi connectivity index (χ1n) is 25.6. The minimum absolute atomic E-state index is 0.259. The quantitative estimate of drug-likeness (QED) is 0.0689. The summed E-state index contributed by atoms with van der Waals surface area (Å²) >= 11 is 0. The zero-order valence-electron chi connectivity index (χ0n) is 42.1. The van der Waals surface area contributed by atoms with E-state index in [1.54, 1.807) is 25.2 Å². The van der Waals surface area contributed by atoms with E-state index in [-0.39, 0.29) is 5.92 Å². The van der Waals surface area contributed by atoms with Gasteiger partial charge in [0.25, 0.3) is 0 Å². The summed E-state index contributed by atoms with van der Waals surface area (Å²) in [5, 5.41) is 13.8. The maximum Gasteiger partial charge on any atom is 0.380 e. The molecule has 0 saturated carbocycles. The molecule has 76 heavy (non-hydrogen) atoms. The molecule has 0 fully saturated rings. The van der Waals surface area contributed by atoms with Gasteiger partial charge in [0.2, 0.25) is 0 Å². The van der Waals surface area contributed by atoms with Crippen LogP contribution in [0, 0.1) is 5.92 Å². The van der Waals surface area contributed by atoms with Gasteiger partial charge in [0, 0.05) is 32.3 Å². The molecule has 0 aliphatic heterocycles. The van der Waals surface area contributed by atoms with Crippen LogP contribution in [0.2, 0.25) is 0 Å². The van der Waals surface area contributed by atoms with Crippen molar-refractivity contribution < 1.29 is 13.0 Å². The number of nitrogens with zero attached hydrogens (tertiary/aromatic N) is 3. The molecule has 6 nitrogen and oxygen atoms in total. The Hall–Kier alpha value is -9.14. The maximum absolute atomic E-state index is 10.9. The van der Waals surface area contributed by atoms with Gasteiger partial charge in [-0.3, -0.25) is 0 Å². The van der Waals surface area contributed by atoms with Crippen molar-refractivity contribution in [2.24, 2.45) is 5.92 Å². The first-order chi connectivity index (χ1) is 37.2. The minimum atomic E-state index is -4.26. The third kappa shape index (κ3) is 8.55. The standard InChI is InChI=1S/C61H42N3.C8H12O3S/c1-7-31-49-43(19-1)25-13-37-55(49)62(56-38-14-26-44-20-2-8-32-50(44)56)61(63(57-39-15-27-45-21-3-9-33-51(45)57)58-40-16-28-46-22-4-10-34-52(46)58)64(59-41-17-29-47-23-5-11-35-53(47)59)60-42-18-30-48-24-6-12-36-54(48)60;1-7-5-3-4-6-8(7,2)12(9,10)11/h1-42H;3-7H,1-2H3,(H,9,10,11)/q+1;/p-1. The molecule has 0 heterocycles. The van der Waals surface area contributed by atoms with Crippen LogP contribution in [0.3, 0.4) is 0 Å². The summed E-state index contributed by atoms with van der Waals surface area (Å²) in [6, 6.07) is 93.0. The molecule has 0 amide bonds. The van der Waals surface area contributed by atoms with Crippen molar-refractivity contribution in [1.29, 1.82) is 0 Å². The van der Waals surface area contributed by atoms with Crippen LogP contribution in [0.25, 0.3) is 64.6 Å². The molecule has 0 N–H and O–H groups in total. The van der Waals surface area contributed by atoms with E-state index in [4.69, 9.17) is 0 Å². The highest BCUT2D eigenvalue weighted by atomic mass is 32.2. The monoisotopic (exact) mass is 1000 g/mol. The highest BCUT2D eigenvalue weighted by Crippen LogP contribution is 2.45. The van der Waals surface area contributed by atoms with E-state index in [0.29, 0.717) is 0 Å². The molecule has 13 rings (SSSR count). The number of allylic oxidation sites excluding steroid dienone is 3. The number of fused-ring (bicyclic) bond motifs is 6. The second-order valence-corrected chi connectivity index (χ2v) is 21.3. The molecule has 0 saturated heterocycles. The van der Waals surface area contributed by atoms with Gasteiger partial charge in [0.05, 0.1) is 4.75 Å². The molecule has 12 aromatic rings. The molecule has 1 aliphatic carbocycles. The van der Waals surface area contributed by atoms with Crippen molar-refractivity contribution in [3.8, 4) is 0 Å². The van der Waals surface area contributed by atoms with Crippen molar-refractivity contribution in [2.75, 3.05) is 9.80 Å². The molecule has 1 aliphatic rings. The van der Waals surface area contributed by atoms with Gasteiger partial charge in [-0.05, 0) is 81.6 Å². The highest BCUT2D eigenvalue weighted by Gasteiger charge is 2.41. The van der Waals surface area contributed by atoms with Crippen LogP contribution in [0.5, 0.6) is 0 Å². The minimum Gasteiger partial charge on any atom is -0.747 e. The Bertz CT molecular complexity index is 3970. The molecule has 0 aromatic heterocycles. The second kappa shape index (κ2) is 19.9. The SMILES string of the molecule is CC1C=CC=CC1(C)S(=O)(=O)[O-].c1ccc2c(N(C(N(c3cccc4ccccc34)c3cccc4ccccc34)=[N+](c3cccc4ccccc34)c3cccc4ccccc34)c3cccc4ccccc34)cccc2c1. The fourth-order valence-corrected chi connectivity index (χ4v) is 11.7. The van der Waals surface area contributed by atoms with Gasteiger partial charge < -0.3 is 4.55 Å². The number of rotatable bonds is 7. The van der Waals surface area contributed by atoms with Gasteiger partial charge in [-0.15, -0.1) is 0 Å². The Morgan fingerprint density at radius 2 is 0.671 bits per heavy atom. The molecule has 7 heteroatoms. The van der Waals surface area contributed by atoms with E-state index in [1.807, 2.05) is 0 Å². The van der Waals surface area contributed by atoms with Crippen molar-refractivity contribution >= 4 is 115 Å². The molecule has 2 unspecified atom stereocenters. The lowest BCUT2D eigenvalue weighted by Gasteiger charge is -2.35. The Balaban J connectivity index is 0.000000431. The Labute approximate surface area is 443 Å². The van der Waals surface area contributed by atoms with Gasteiger partial charge in [-0.2, -0.15) is 14.4 Å². The zero-order valence-corrected chi connectivity index (χ0v) is 42.9. The summed E-state index contributed by atoms with van der Waals surface area (Å²) < 4.78 is 33.9. The van der Waals surface area contributed by atoms with Crippen molar-refractivity contribution in [1.82, 2.24) is 4.58 Å². The first kappa shape index (κ1) is 47.8. The number of anilines is 4. The van der Waals surface area contributed by atoms with E-state index in [2.05, 4.69) is 269 Å². The molecule has 368 valence electrons. The molecular formula is C69H53N3O3S. The third-order valence-electron chi connectivity index (χ3n) is 15.0. The Kier molecular flexibility index (Phi) is 12.6. The van der Waals surface area contributed by atoms with Crippen LogP contribution in [-0.4, -0.2) is 23.7 Å². The van der Waals surface area contributed by atoms with Crippen LogP contribution < -0.4 is 14.4 Å². The van der Waals surface area contributed by atoms with Gasteiger partial charge in [0.1, 0.15) is 44.2 Å². The molecule has 0 spiro atoms. The summed E-state index contributed by atoms with van der Waals surface area (Å²) in [6.45, 7) is 3.16. The lowest BCUT2D eigenvalue weighted by molar-refractivity contribution is 0.411. The summed E-state index contributed by atoms with van der Waals surface area (Å²) in [6.07, 6.45) is 6.50. The van der Waals surface area contributed by atoms with E-state index in [1.165, 1.54) is 13.0 Å². The predicted octanol–water partition coefficient (Wildman–Crippen LogP) is 17.5. The third-order valence-corrected chi connectivity index (χ3v) is 16.6. The summed E-state index contributed by atoms with van der Waals surface area (Å²) in [5.41, 5.74) is 6.34. The largest absolute Gasteiger partial charge is 0.747 e. The fraction of sp³-hybridized carbons (Fsp3) is 0.0580. The maximum atomic E-state index is 10.9. The number of hydrogen-bond acceptors (Lipinski definition) is 3. The van der Waals surface area contributed by atoms with Crippen molar-refractivity contribution in [3.63, 3.8) is 0 Å². The van der Waals surface area contributed by atoms with Gasteiger partial charge in [-0.25, -0.2) is 8.42 Å². The highest BCUT2D eigenvalue weighted by molar-refractivity contribution is 7.87. The molecule has 2 atom stereocenters. The summed E-state index contributed by atoms with van der Waals surface area (Å²) in [4.78, 5) is 5.08. The summed E-state index contributed by atoms with van der Waals surface area (Å²) in [5.74, 6) is 0.665. The predicted molar refractivity (Wildman–Crippen MR) is 320 cm³/mol. The van der Waals surface area contributed by atoms with Crippen molar-refractivity contribution in [3.05, 3.63) is 279 Å². The van der Waals surface area contributed by atoms with E-state index >= 15 is 0 Å². The second-order valence-electron chi connectivity index (χ2n) is 19.5. The molecule has 0 bridgehead atoms. The van der Waals surface area contributed by atoms with Crippen molar-refractivity contribution in [2.45, 2.75) is 18.6 Å². The van der Waals surface area contributed by atoms with E-state index < -0.39 is 14.9 Å². The average molecular weight is 1000 g/mol. The molecule has 0 radical (unpaired) electrons. The Morgan fingerprint density at radius 3 is 0.974 bits per heavy atom. The van der Waals surface area contributed by atoms with Crippen LogP contribution >= 0.6 is 0 Å². The Morgan fingerprint density at radius 1 is 0.395 bits per heavy atom. The smallest absolute Gasteiger partial charge is 0.380 e. The van der Waals surface area contributed by atoms with Crippen LogP contribution in [0.1, 0.15) is 13.8 Å². The number of benzene rings is 12. The van der Waals surface area contributed by atoms with Crippen LogP contribution in [0.4, 0.5) is 34.1 Å². The van der Waals surface area contributed by atoms with Gasteiger partial charge >= 0.3 is 5.96 Å². The van der Waals surface area contributed by atoms with Crippen LogP contribution in [-0.2, 0) is 10.1 Å². The lowest BCUT2D eigenvalue weighted by Crippen LogP contribution is -2.46. The average Bonchev–Trinajstić information content (AvgIpc) is 3.58. The topological polar surface area (TPSA) is 66.7 Å². The van der Waals surface area contributed by atoms with E-state index in [0.717, 1.165) is 105 Å². The normalized spacial score (nSPS) is 15.2. The van der Waals surface area contributed by atoms with Gasteiger partial charge in [0.15, 0.2) is 0 Å². The molecule has 12 aromatic carbocycles. The molecular weight excluding hydrogens is 951 g/mol. The van der Waals surface area contributed by atoms with Crippen LogP contribution in [0.15, 0.2) is 279 Å². The first-order valence-corrected chi connectivity index (χ1v) is 27.0. The van der Waals surface area contributed by atoms with Gasteiger partial charge in [-0.1, -0.05) is 250 Å². The summed E-state index contributed by atoms with van der Waals surface area (Å²) in [7, 11) is -4.26. The zero-order chi connectivity index (χ0) is 51.8. The number of guanidine groups is 1.